The number of benzene rings is 1. The molecule has 0 saturated heterocycles. The minimum absolute atomic E-state index is 0.184. The molecular formula is C22H29N5OS. The molecule has 2 aromatic heterocycles. The van der Waals surface area contributed by atoms with Crippen LogP contribution in [0.4, 0.5) is 0 Å². The molecule has 0 saturated carbocycles. The van der Waals surface area contributed by atoms with Crippen molar-refractivity contribution in [3.8, 4) is 17.1 Å². The standard InChI is InChI=1S/C22H29N5OS/c1-15(2)22-23-19(14-29-22)10-8-6-7-9-17-13-18(11-12-20(17)28-5)21-24-26-27(25-21)16(3)4/h7,9,11-16H,6,8,10H2,1-5H3/b9-7+. The third kappa shape index (κ3) is 5.50. The lowest BCUT2D eigenvalue weighted by Gasteiger charge is -2.06. The van der Waals surface area contributed by atoms with E-state index in [0.29, 0.717) is 11.7 Å². The van der Waals surface area contributed by atoms with Gasteiger partial charge < -0.3 is 4.74 Å². The Bertz CT molecular complexity index is 958. The highest BCUT2D eigenvalue weighted by Crippen LogP contribution is 2.26. The highest BCUT2D eigenvalue weighted by atomic mass is 32.1. The molecule has 0 aliphatic rings. The van der Waals surface area contributed by atoms with Crippen LogP contribution in [0.1, 0.15) is 68.8 Å². The van der Waals surface area contributed by atoms with Crippen LogP contribution in [0.3, 0.4) is 0 Å². The van der Waals surface area contributed by atoms with E-state index < -0.39 is 0 Å². The first-order valence-electron chi connectivity index (χ1n) is 10.1. The van der Waals surface area contributed by atoms with Crippen molar-refractivity contribution in [2.75, 3.05) is 7.11 Å². The number of thiazole rings is 1. The average molecular weight is 412 g/mol. The van der Waals surface area contributed by atoms with Crippen LogP contribution in [0.2, 0.25) is 0 Å². The lowest BCUT2D eigenvalue weighted by molar-refractivity contribution is 0.414. The maximum atomic E-state index is 5.51. The highest BCUT2D eigenvalue weighted by molar-refractivity contribution is 7.09. The molecule has 7 heteroatoms. The molecule has 0 aliphatic carbocycles. The fraction of sp³-hybridized carbons (Fsp3) is 0.455. The number of aryl methyl sites for hydroxylation is 1. The van der Waals surface area contributed by atoms with Gasteiger partial charge in [0.25, 0.3) is 0 Å². The van der Waals surface area contributed by atoms with E-state index in [1.54, 1.807) is 23.2 Å². The minimum atomic E-state index is 0.184. The fourth-order valence-electron chi connectivity index (χ4n) is 2.88. The number of rotatable bonds is 9. The number of tetrazole rings is 1. The summed E-state index contributed by atoms with van der Waals surface area (Å²) in [6.45, 7) is 8.43. The first-order valence-corrected chi connectivity index (χ1v) is 10.9. The van der Waals surface area contributed by atoms with Gasteiger partial charge in [-0.1, -0.05) is 26.0 Å². The van der Waals surface area contributed by atoms with E-state index in [1.165, 1.54) is 10.7 Å². The summed E-state index contributed by atoms with van der Waals surface area (Å²) in [6.07, 6.45) is 7.37. The topological polar surface area (TPSA) is 65.7 Å². The van der Waals surface area contributed by atoms with E-state index >= 15 is 0 Å². The zero-order chi connectivity index (χ0) is 20.8. The maximum Gasteiger partial charge on any atom is 0.204 e. The number of allylic oxidation sites excluding steroid dienone is 1. The van der Waals surface area contributed by atoms with Crippen molar-refractivity contribution in [2.45, 2.75) is 58.9 Å². The number of ether oxygens (including phenoxy) is 1. The van der Waals surface area contributed by atoms with Crippen molar-refractivity contribution < 1.29 is 4.74 Å². The summed E-state index contributed by atoms with van der Waals surface area (Å²) in [5.74, 6) is 1.97. The monoisotopic (exact) mass is 411 g/mol. The molecule has 29 heavy (non-hydrogen) atoms. The number of unbranched alkanes of at least 4 members (excludes halogenated alkanes) is 1. The van der Waals surface area contributed by atoms with Crippen molar-refractivity contribution in [2.24, 2.45) is 0 Å². The predicted octanol–water partition coefficient (Wildman–Crippen LogP) is 5.55. The Labute approximate surface area is 176 Å². The van der Waals surface area contributed by atoms with Crippen molar-refractivity contribution in [3.05, 3.63) is 45.9 Å². The molecule has 0 unspecified atom stereocenters. The van der Waals surface area contributed by atoms with Gasteiger partial charge in [-0.05, 0) is 56.5 Å². The van der Waals surface area contributed by atoms with Crippen LogP contribution in [-0.4, -0.2) is 32.3 Å². The normalized spacial score (nSPS) is 11.8. The van der Waals surface area contributed by atoms with Gasteiger partial charge in [-0.25, -0.2) is 4.98 Å². The lowest BCUT2D eigenvalue weighted by atomic mass is 10.1. The van der Waals surface area contributed by atoms with E-state index in [0.717, 1.165) is 36.1 Å². The van der Waals surface area contributed by atoms with Gasteiger partial charge in [0, 0.05) is 22.4 Å². The summed E-state index contributed by atoms with van der Waals surface area (Å²) < 4.78 is 5.51. The highest BCUT2D eigenvalue weighted by Gasteiger charge is 2.10. The van der Waals surface area contributed by atoms with Gasteiger partial charge in [0.15, 0.2) is 0 Å². The Kier molecular flexibility index (Phi) is 7.14. The van der Waals surface area contributed by atoms with Gasteiger partial charge in [0.2, 0.25) is 5.82 Å². The van der Waals surface area contributed by atoms with Gasteiger partial charge in [-0.15, -0.1) is 21.5 Å². The quantitative estimate of drug-likeness (QED) is 0.432. The van der Waals surface area contributed by atoms with Crippen LogP contribution >= 0.6 is 11.3 Å². The molecule has 0 aliphatic heterocycles. The van der Waals surface area contributed by atoms with E-state index in [4.69, 9.17) is 9.72 Å². The van der Waals surface area contributed by atoms with Crippen molar-refractivity contribution >= 4 is 17.4 Å². The third-order valence-electron chi connectivity index (χ3n) is 4.54. The second kappa shape index (κ2) is 9.78. The minimum Gasteiger partial charge on any atom is -0.496 e. The average Bonchev–Trinajstić information content (AvgIpc) is 3.37. The van der Waals surface area contributed by atoms with Gasteiger partial charge in [-0.3, -0.25) is 0 Å². The zero-order valence-corrected chi connectivity index (χ0v) is 18.6. The van der Waals surface area contributed by atoms with Crippen LogP contribution in [0, 0.1) is 0 Å². The Morgan fingerprint density at radius 3 is 2.69 bits per heavy atom. The summed E-state index contributed by atoms with van der Waals surface area (Å²) in [7, 11) is 1.69. The summed E-state index contributed by atoms with van der Waals surface area (Å²) in [5.41, 5.74) is 3.15. The molecule has 2 heterocycles. The molecule has 3 rings (SSSR count). The molecule has 0 N–H and O–H groups in total. The summed E-state index contributed by atoms with van der Waals surface area (Å²) >= 11 is 1.76. The van der Waals surface area contributed by atoms with Crippen molar-refractivity contribution in [1.29, 1.82) is 0 Å². The summed E-state index contributed by atoms with van der Waals surface area (Å²) in [4.78, 5) is 6.33. The first kappa shape index (κ1) is 21.2. The Morgan fingerprint density at radius 1 is 1.21 bits per heavy atom. The van der Waals surface area contributed by atoms with Crippen molar-refractivity contribution in [3.63, 3.8) is 0 Å². The smallest absolute Gasteiger partial charge is 0.204 e. The number of nitrogens with zero attached hydrogens (tertiary/aromatic N) is 5. The molecule has 0 bridgehead atoms. The van der Waals surface area contributed by atoms with E-state index in [-0.39, 0.29) is 6.04 Å². The Balaban J connectivity index is 1.63. The number of hydrogen-bond donors (Lipinski definition) is 0. The Morgan fingerprint density at radius 2 is 2.03 bits per heavy atom. The molecule has 154 valence electrons. The Hall–Kier alpha value is -2.54. The van der Waals surface area contributed by atoms with E-state index in [2.05, 4.69) is 46.8 Å². The largest absolute Gasteiger partial charge is 0.496 e. The second-order valence-corrected chi connectivity index (χ2v) is 8.50. The number of methoxy groups -OCH3 is 1. The SMILES string of the molecule is COc1ccc(-c2nnn(C(C)C)n2)cc1/C=C/CCCc1csc(C(C)C)n1. The molecule has 0 fully saturated rings. The van der Waals surface area contributed by atoms with Crippen LogP contribution in [0.15, 0.2) is 29.7 Å². The van der Waals surface area contributed by atoms with Crippen LogP contribution < -0.4 is 4.74 Å². The lowest BCUT2D eigenvalue weighted by Crippen LogP contribution is -2.04. The van der Waals surface area contributed by atoms with Gasteiger partial charge in [0.05, 0.1) is 23.9 Å². The molecule has 3 aromatic rings. The van der Waals surface area contributed by atoms with Crippen LogP contribution in [0.25, 0.3) is 17.5 Å². The van der Waals surface area contributed by atoms with E-state index in [1.807, 2.05) is 32.0 Å². The summed E-state index contributed by atoms with van der Waals surface area (Å²) in [5, 5.41) is 16.1. The van der Waals surface area contributed by atoms with Gasteiger partial charge in [0.1, 0.15) is 5.75 Å². The first-order chi connectivity index (χ1) is 14.0. The predicted molar refractivity (Wildman–Crippen MR) is 118 cm³/mol. The van der Waals surface area contributed by atoms with Crippen LogP contribution in [-0.2, 0) is 6.42 Å². The van der Waals surface area contributed by atoms with Gasteiger partial charge >= 0.3 is 0 Å². The maximum absolute atomic E-state index is 5.51. The molecule has 0 radical (unpaired) electrons. The molecule has 0 atom stereocenters. The fourth-order valence-corrected chi connectivity index (χ4v) is 3.75. The van der Waals surface area contributed by atoms with Gasteiger partial charge in [-0.2, -0.15) is 4.80 Å². The molecule has 0 spiro atoms. The number of aromatic nitrogens is 5. The molecule has 6 nitrogen and oxygen atoms in total. The molecular weight excluding hydrogens is 382 g/mol. The number of hydrogen-bond acceptors (Lipinski definition) is 6. The second-order valence-electron chi connectivity index (χ2n) is 7.61. The third-order valence-corrected chi connectivity index (χ3v) is 5.74. The molecule has 0 amide bonds. The van der Waals surface area contributed by atoms with Crippen LogP contribution in [0.5, 0.6) is 5.75 Å². The van der Waals surface area contributed by atoms with E-state index in [9.17, 15) is 0 Å². The zero-order valence-electron chi connectivity index (χ0n) is 17.8. The molecule has 1 aromatic carbocycles. The summed E-state index contributed by atoms with van der Waals surface area (Å²) in [6, 6.07) is 6.15. The van der Waals surface area contributed by atoms with Crippen molar-refractivity contribution in [1.82, 2.24) is 25.2 Å².